The van der Waals surface area contributed by atoms with Crippen molar-refractivity contribution in [2.75, 3.05) is 26.8 Å². The number of carboxylic acid groups (broad SMARTS) is 1. The number of thiophene rings is 1. The molecule has 1 saturated heterocycles. The Morgan fingerprint density at radius 2 is 2.00 bits per heavy atom. The van der Waals surface area contributed by atoms with E-state index in [4.69, 9.17) is 9.47 Å². The van der Waals surface area contributed by atoms with Gasteiger partial charge in [0.15, 0.2) is 11.5 Å². The molecule has 1 aromatic heterocycles. The highest BCUT2D eigenvalue weighted by molar-refractivity contribution is 7.12. The van der Waals surface area contributed by atoms with Gasteiger partial charge in [-0.1, -0.05) is 6.07 Å². The normalized spacial score (nSPS) is 16.9. The van der Waals surface area contributed by atoms with Crippen LogP contribution in [-0.2, 0) is 4.79 Å². The fourth-order valence-corrected chi connectivity index (χ4v) is 4.73. The van der Waals surface area contributed by atoms with Gasteiger partial charge >= 0.3 is 5.97 Å². The summed E-state index contributed by atoms with van der Waals surface area (Å²) in [4.78, 5) is 16.2. The zero-order valence-corrected chi connectivity index (χ0v) is 16.9. The average Bonchev–Trinajstić information content (AvgIpc) is 3.09. The first-order valence-corrected chi connectivity index (χ1v) is 10.2. The number of aryl methyl sites for hydroxylation is 1. The number of hydrogen-bond donors (Lipinski definition) is 1. The molecule has 0 bridgehead atoms. The number of ether oxygens (including phenoxy) is 2. The third kappa shape index (κ3) is 4.45. The van der Waals surface area contributed by atoms with Crippen LogP contribution in [0.4, 0.5) is 0 Å². The Morgan fingerprint density at radius 1 is 1.26 bits per heavy atom. The lowest BCUT2D eigenvalue weighted by atomic mass is 9.93. The molecule has 0 spiro atoms. The first-order chi connectivity index (χ1) is 13.0. The van der Waals surface area contributed by atoms with Crippen LogP contribution in [0, 0.1) is 12.8 Å². The SMILES string of the molecule is CCOc1cc(C(c2ccc(C)s2)N2CCC(C(=O)O)CC2)ccc1OC. The summed E-state index contributed by atoms with van der Waals surface area (Å²) in [6.07, 6.45) is 1.37. The maximum Gasteiger partial charge on any atom is 0.306 e. The van der Waals surface area contributed by atoms with Crippen molar-refractivity contribution in [2.24, 2.45) is 5.92 Å². The third-order valence-electron chi connectivity index (χ3n) is 5.08. The maximum absolute atomic E-state index is 11.3. The molecule has 0 aliphatic carbocycles. The van der Waals surface area contributed by atoms with Gasteiger partial charge in [0.2, 0.25) is 0 Å². The van der Waals surface area contributed by atoms with Gasteiger partial charge < -0.3 is 14.6 Å². The maximum atomic E-state index is 11.3. The second kappa shape index (κ2) is 8.76. The monoisotopic (exact) mass is 389 g/mol. The van der Waals surface area contributed by atoms with Gasteiger partial charge in [-0.25, -0.2) is 0 Å². The van der Waals surface area contributed by atoms with Crippen molar-refractivity contribution < 1.29 is 19.4 Å². The van der Waals surface area contributed by atoms with E-state index in [1.54, 1.807) is 18.4 Å². The molecule has 0 amide bonds. The van der Waals surface area contributed by atoms with Gasteiger partial charge in [-0.3, -0.25) is 9.69 Å². The lowest BCUT2D eigenvalue weighted by Gasteiger charge is -2.36. The van der Waals surface area contributed by atoms with E-state index in [2.05, 4.69) is 36.1 Å². The molecular weight excluding hydrogens is 362 g/mol. The molecule has 1 atom stereocenters. The van der Waals surface area contributed by atoms with Crippen molar-refractivity contribution in [3.05, 3.63) is 45.6 Å². The number of piperidine rings is 1. The zero-order valence-electron chi connectivity index (χ0n) is 16.1. The van der Waals surface area contributed by atoms with Gasteiger partial charge in [0.25, 0.3) is 0 Å². The number of methoxy groups -OCH3 is 1. The lowest BCUT2D eigenvalue weighted by molar-refractivity contribution is -0.143. The molecule has 1 aromatic carbocycles. The van der Waals surface area contributed by atoms with Crippen molar-refractivity contribution in [3.8, 4) is 11.5 Å². The number of likely N-dealkylation sites (tertiary alicyclic amines) is 1. The third-order valence-corrected chi connectivity index (χ3v) is 6.13. The Bertz CT molecular complexity index is 780. The fourth-order valence-electron chi connectivity index (χ4n) is 3.69. The van der Waals surface area contributed by atoms with E-state index in [0.717, 1.165) is 30.2 Å². The molecule has 2 aromatic rings. The van der Waals surface area contributed by atoms with Gasteiger partial charge in [-0.15, -0.1) is 11.3 Å². The molecule has 6 heteroatoms. The van der Waals surface area contributed by atoms with Crippen LogP contribution >= 0.6 is 11.3 Å². The minimum atomic E-state index is -0.679. The Kier molecular flexibility index (Phi) is 6.39. The van der Waals surface area contributed by atoms with Crippen LogP contribution in [0.2, 0.25) is 0 Å². The van der Waals surface area contributed by atoms with Crippen molar-refractivity contribution >= 4 is 17.3 Å². The summed E-state index contributed by atoms with van der Waals surface area (Å²) in [5.74, 6) is 0.561. The highest BCUT2D eigenvalue weighted by Crippen LogP contribution is 2.39. The average molecular weight is 390 g/mol. The molecule has 1 aliphatic rings. The number of rotatable bonds is 7. The Labute approximate surface area is 164 Å². The van der Waals surface area contributed by atoms with Crippen molar-refractivity contribution in [1.82, 2.24) is 4.90 Å². The van der Waals surface area contributed by atoms with Gasteiger partial charge in [-0.2, -0.15) is 0 Å². The number of hydrogen-bond acceptors (Lipinski definition) is 5. The van der Waals surface area contributed by atoms with Gasteiger partial charge in [0.1, 0.15) is 0 Å². The molecule has 146 valence electrons. The minimum absolute atomic E-state index is 0.101. The summed E-state index contributed by atoms with van der Waals surface area (Å²) in [6, 6.07) is 10.5. The van der Waals surface area contributed by atoms with E-state index in [1.807, 2.05) is 13.0 Å². The molecule has 1 aliphatic heterocycles. The highest BCUT2D eigenvalue weighted by Gasteiger charge is 2.31. The number of carbonyl (C=O) groups is 1. The summed E-state index contributed by atoms with van der Waals surface area (Å²) < 4.78 is 11.2. The van der Waals surface area contributed by atoms with Crippen molar-refractivity contribution in [2.45, 2.75) is 32.7 Å². The first kappa shape index (κ1) is 19.7. The number of carboxylic acids is 1. The fraction of sp³-hybridized carbons (Fsp3) is 0.476. The van der Waals surface area contributed by atoms with Crippen LogP contribution in [-0.4, -0.2) is 42.8 Å². The smallest absolute Gasteiger partial charge is 0.306 e. The van der Waals surface area contributed by atoms with E-state index in [0.29, 0.717) is 19.4 Å². The molecule has 1 N–H and O–H groups in total. The van der Waals surface area contributed by atoms with Gasteiger partial charge in [0, 0.05) is 9.75 Å². The standard InChI is InChI=1S/C21H27NO4S/c1-4-26-18-13-16(6-7-17(18)25-3)20(19-8-5-14(2)27-19)22-11-9-15(10-12-22)21(23)24/h5-8,13,15,20H,4,9-12H2,1-3H3,(H,23,24). The Balaban J connectivity index is 1.94. The molecule has 1 fully saturated rings. The summed E-state index contributed by atoms with van der Waals surface area (Å²) in [7, 11) is 1.65. The van der Waals surface area contributed by atoms with Crippen molar-refractivity contribution in [3.63, 3.8) is 0 Å². The molecule has 0 saturated carbocycles. The van der Waals surface area contributed by atoms with E-state index in [1.165, 1.54) is 9.75 Å². The Hall–Kier alpha value is -2.05. The largest absolute Gasteiger partial charge is 0.493 e. The van der Waals surface area contributed by atoms with E-state index < -0.39 is 5.97 Å². The lowest BCUT2D eigenvalue weighted by Crippen LogP contribution is -2.39. The van der Waals surface area contributed by atoms with E-state index >= 15 is 0 Å². The summed E-state index contributed by atoms with van der Waals surface area (Å²) in [5.41, 5.74) is 1.15. The molecule has 5 nitrogen and oxygen atoms in total. The van der Waals surface area contributed by atoms with Crippen LogP contribution < -0.4 is 9.47 Å². The Morgan fingerprint density at radius 3 is 2.56 bits per heavy atom. The molecule has 3 rings (SSSR count). The van der Waals surface area contributed by atoms with Gasteiger partial charge in [0.05, 0.1) is 25.7 Å². The quantitative estimate of drug-likeness (QED) is 0.763. The van der Waals surface area contributed by atoms with E-state index in [-0.39, 0.29) is 12.0 Å². The molecule has 27 heavy (non-hydrogen) atoms. The first-order valence-electron chi connectivity index (χ1n) is 9.37. The predicted octanol–water partition coefficient (Wildman–Crippen LogP) is 4.35. The van der Waals surface area contributed by atoms with Crippen LogP contribution in [0.25, 0.3) is 0 Å². The number of benzene rings is 1. The number of nitrogens with zero attached hydrogens (tertiary/aromatic N) is 1. The zero-order chi connectivity index (χ0) is 19.4. The second-order valence-corrected chi connectivity index (χ2v) is 8.16. The molecule has 1 unspecified atom stereocenters. The summed E-state index contributed by atoms with van der Waals surface area (Å²) in [5, 5.41) is 9.31. The summed E-state index contributed by atoms with van der Waals surface area (Å²) in [6.45, 7) is 6.19. The van der Waals surface area contributed by atoms with Crippen molar-refractivity contribution in [1.29, 1.82) is 0 Å². The molecular formula is C21H27NO4S. The second-order valence-electron chi connectivity index (χ2n) is 6.84. The van der Waals surface area contributed by atoms with Gasteiger partial charge in [-0.05, 0) is 69.6 Å². The molecule has 2 heterocycles. The van der Waals surface area contributed by atoms with Crippen LogP contribution in [0.3, 0.4) is 0 Å². The van der Waals surface area contributed by atoms with Crippen LogP contribution in [0.5, 0.6) is 11.5 Å². The highest BCUT2D eigenvalue weighted by atomic mass is 32.1. The van der Waals surface area contributed by atoms with Crippen LogP contribution in [0.15, 0.2) is 30.3 Å². The summed E-state index contributed by atoms with van der Waals surface area (Å²) >= 11 is 1.79. The topological polar surface area (TPSA) is 59.0 Å². The predicted molar refractivity (Wildman–Crippen MR) is 107 cm³/mol. The minimum Gasteiger partial charge on any atom is -0.493 e. The van der Waals surface area contributed by atoms with Crippen LogP contribution in [0.1, 0.15) is 41.1 Å². The number of aliphatic carboxylic acids is 1. The van der Waals surface area contributed by atoms with E-state index in [9.17, 15) is 9.90 Å². The molecule has 0 radical (unpaired) electrons.